The standard InChI is InChI=1S/C7H14BrCl/c1-2-3-4-7(8)5-6-9/h7H,2-6H2,1H3. The Morgan fingerprint density at radius 1 is 1.44 bits per heavy atom. The summed E-state index contributed by atoms with van der Waals surface area (Å²) in [5.41, 5.74) is 0. The van der Waals surface area contributed by atoms with Crippen LogP contribution in [-0.4, -0.2) is 10.7 Å². The molecule has 0 saturated carbocycles. The summed E-state index contributed by atoms with van der Waals surface area (Å²) in [7, 11) is 0. The molecule has 0 saturated heterocycles. The zero-order chi connectivity index (χ0) is 7.11. The molecule has 2 heteroatoms. The van der Waals surface area contributed by atoms with Crippen LogP contribution in [0.4, 0.5) is 0 Å². The van der Waals surface area contributed by atoms with Crippen molar-refractivity contribution in [2.24, 2.45) is 0 Å². The van der Waals surface area contributed by atoms with Gasteiger partial charge in [-0.25, -0.2) is 0 Å². The van der Waals surface area contributed by atoms with Gasteiger partial charge >= 0.3 is 0 Å². The highest BCUT2D eigenvalue weighted by Gasteiger charge is 2.00. The summed E-state index contributed by atoms with van der Waals surface area (Å²) < 4.78 is 0. The Bertz CT molecular complexity index is 56.9. The van der Waals surface area contributed by atoms with Gasteiger partial charge in [0, 0.05) is 10.7 Å². The predicted octanol–water partition coefficient (Wildman–Crippen LogP) is 3.57. The summed E-state index contributed by atoms with van der Waals surface area (Å²) in [6, 6.07) is 0. The molecule has 0 heterocycles. The van der Waals surface area contributed by atoms with E-state index in [4.69, 9.17) is 11.6 Å². The van der Waals surface area contributed by atoms with Crippen molar-refractivity contribution in [3.8, 4) is 0 Å². The molecule has 0 aliphatic heterocycles. The van der Waals surface area contributed by atoms with Crippen molar-refractivity contribution in [2.45, 2.75) is 37.4 Å². The molecule has 0 amide bonds. The van der Waals surface area contributed by atoms with E-state index in [2.05, 4.69) is 22.9 Å². The molecule has 1 unspecified atom stereocenters. The number of halogens is 2. The second-order valence-corrected chi connectivity index (χ2v) is 3.89. The third-order valence-electron chi connectivity index (χ3n) is 1.29. The number of rotatable bonds is 5. The van der Waals surface area contributed by atoms with Crippen molar-refractivity contribution < 1.29 is 0 Å². The first-order valence-corrected chi connectivity index (χ1v) is 4.96. The lowest BCUT2D eigenvalue weighted by Crippen LogP contribution is -1.97. The molecular formula is C7H14BrCl. The normalized spacial score (nSPS) is 13.7. The van der Waals surface area contributed by atoms with Crippen LogP contribution in [0, 0.1) is 0 Å². The Morgan fingerprint density at radius 3 is 2.56 bits per heavy atom. The molecule has 0 nitrogen and oxygen atoms in total. The maximum atomic E-state index is 5.55. The molecule has 1 atom stereocenters. The third-order valence-corrected chi connectivity index (χ3v) is 2.43. The number of unbranched alkanes of at least 4 members (excludes halogenated alkanes) is 1. The van der Waals surface area contributed by atoms with Gasteiger partial charge in [-0.2, -0.15) is 0 Å². The van der Waals surface area contributed by atoms with Crippen molar-refractivity contribution in [3.63, 3.8) is 0 Å². The van der Waals surface area contributed by atoms with E-state index in [9.17, 15) is 0 Å². The van der Waals surface area contributed by atoms with E-state index >= 15 is 0 Å². The lowest BCUT2D eigenvalue weighted by atomic mass is 10.2. The second kappa shape index (κ2) is 6.88. The summed E-state index contributed by atoms with van der Waals surface area (Å²) >= 11 is 9.10. The van der Waals surface area contributed by atoms with Gasteiger partial charge in [0.1, 0.15) is 0 Å². The molecule has 0 bridgehead atoms. The van der Waals surface area contributed by atoms with Gasteiger partial charge < -0.3 is 0 Å². The Labute approximate surface area is 71.1 Å². The minimum Gasteiger partial charge on any atom is -0.127 e. The van der Waals surface area contributed by atoms with E-state index in [0.717, 1.165) is 12.3 Å². The highest BCUT2D eigenvalue weighted by Crippen LogP contribution is 2.13. The van der Waals surface area contributed by atoms with E-state index in [1.807, 2.05) is 0 Å². The Hall–Kier alpha value is 0.770. The van der Waals surface area contributed by atoms with Crippen LogP contribution in [0.5, 0.6) is 0 Å². The highest BCUT2D eigenvalue weighted by molar-refractivity contribution is 9.09. The molecule has 0 N–H and O–H groups in total. The predicted molar refractivity (Wildman–Crippen MR) is 47.6 cm³/mol. The van der Waals surface area contributed by atoms with Crippen LogP contribution in [0.25, 0.3) is 0 Å². The zero-order valence-corrected chi connectivity index (χ0v) is 8.21. The molecule has 0 radical (unpaired) electrons. The molecule has 0 fully saturated rings. The van der Waals surface area contributed by atoms with Gasteiger partial charge in [-0.15, -0.1) is 11.6 Å². The Morgan fingerprint density at radius 2 is 2.11 bits per heavy atom. The van der Waals surface area contributed by atoms with Crippen LogP contribution in [0.1, 0.15) is 32.6 Å². The summed E-state index contributed by atoms with van der Waals surface area (Å²) in [5.74, 6) is 0.777. The summed E-state index contributed by atoms with van der Waals surface area (Å²) in [4.78, 5) is 0.648. The lowest BCUT2D eigenvalue weighted by molar-refractivity contribution is 0.679. The molecular weight excluding hydrogens is 199 g/mol. The number of hydrogen-bond donors (Lipinski definition) is 0. The van der Waals surface area contributed by atoms with Crippen molar-refractivity contribution in [2.75, 3.05) is 5.88 Å². The molecule has 0 aromatic rings. The Kier molecular flexibility index (Phi) is 7.47. The molecule has 56 valence electrons. The van der Waals surface area contributed by atoms with Gasteiger partial charge in [0.2, 0.25) is 0 Å². The van der Waals surface area contributed by atoms with Crippen LogP contribution in [0.3, 0.4) is 0 Å². The SMILES string of the molecule is CCCCC(Br)CCCl. The van der Waals surface area contributed by atoms with Gasteiger partial charge in [0.15, 0.2) is 0 Å². The van der Waals surface area contributed by atoms with Crippen molar-refractivity contribution in [1.29, 1.82) is 0 Å². The molecule has 0 aliphatic carbocycles. The maximum absolute atomic E-state index is 5.55. The molecule has 0 spiro atoms. The molecule has 0 aromatic heterocycles. The average Bonchev–Trinajstić information content (AvgIpc) is 1.85. The molecule has 9 heavy (non-hydrogen) atoms. The number of alkyl halides is 2. The van der Waals surface area contributed by atoms with Crippen molar-refractivity contribution >= 4 is 27.5 Å². The smallest absolute Gasteiger partial charge is 0.0234 e. The van der Waals surface area contributed by atoms with E-state index in [0.29, 0.717) is 4.83 Å². The first-order chi connectivity index (χ1) is 4.31. The van der Waals surface area contributed by atoms with E-state index in [1.54, 1.807) is 0 Å². The van der Waals surface area contributed by atoms with Gasteiger partial charge in [0.25, 0.3) is 0 Å². The van der Waals surface area contributed by atoms with Crippen molar-refractivity contribution in [1.82, 2.24) is 0 Å². The lowest BCUT2D eigenvalue weighted by Gasteiger charge is -2.04. The molecule has 0 rings (SSSR count). The minimum absolute atomic E-state index is 0.648. The van der Waals surface area contributed by atoms with E-state index in [-0.39, 0.29) is 0 Å². The van der Waals surface area contributed by atoms with Crippen LogP contribution in [0.2, 0.25) is 0 Å². The summed E-state index contributed by atoms with van der Waals surface area (Å²) in [6.45, 7) is 2.21. The average molecular weight is 214 g/mol. The molecule has 0 aromatic carbocycles. The van der Waals surface area contributed by atoms with Crippen LogP contribution < -0.4 is 0 Å². The third kappa shape index (κ3) is 6.66. The summed E-state index contributed by atoms with van der Waals surface area (Å²) in [5, 5.41) is 0. The molecule has 0 aliphatic rings. The first-order valence-electron chi connectivity index (χ1n) is 3.51. The monoisotopic (exact) mass is 212 g/mol. The maximum Gasteiger partial charge on any atom is 0.0234 e. The first kappa shape index (κ1) is 9.77. The zero-order valence-electron chi connectivity index (χ0n) is 5.87. The summed E-state index contributed by atoms with van der Waals surface area (Å²) in [6.07, 6.45) is 4.96. The van der Waals surface area contributed by atoms with Gasteiger partial charge in [0.05, 0.1) is 0 Å². The second-order valence-electron chi connectivity index (χ2n) is 2.22. The quantitative estimate of drug-likeness (QED) is 0.613. The van der Waals surface area contributed by atoms with Gasteiger partial charge in [-0.3, -0.25) is 0 Å². The fourth-order valence-corrected chi connectivity index (χ4v) is 1.77. The van der Waals surface area contributed by atoms with Crippen LogP contribution in [-0.2, 0) is 0 Å². The fraction of sp³-hybridized carbons (Fsp3) is 1.00. The minimum atomic E-state index is 0.648. The Balaban J connectivity index is 2.95. The topological polar surface area (TPSA) is 0 Å². The van der Waals surface area contributed by atoms with Crippen molar-refractivity contribution in [3.05, 3.63) is 0 Å². The fourth-order valence-electron chi connectivity index (χ4n) is 0.688. The van der Waals surface area contributed by atoms with Crippen LogP contribution in [0.15, 0.2) is 0 Å². The largest absolute Gasteiger partial charge is 0.127 e. The van der Waals surface area contributed by atoms with Gasteiger partial charge in [-0.1, -0.05) is 35.7 Å². The van der Waals surface area contributed by atoms with Gasteiger partial charge in [-0.05, 0) is 12.8 Å². The van der Waals surface area contributed by atoms with Crippen LogP contribution >= 0.6 is 27.5 Å². The van der Waals surface area contributed by atoms with E-state index in [1.165, 1.54) is 19.3 Å². The van der Waals surface area contributed by atoms with E-state index < -0.39 is 0 Å². The number of hydrogen-bond acceptors (Lipinski definition) is 0. The highest BCUT2D eigenvalue weighted by atomic mass is 79.9.